The first-order valence-corrected chi connectivity index (χ1v) is 9.67. The molecule has 2 aliphatic heterocycles. The second kappa shape index (κ2) is 6.44. The van der Waals surface area contributed by atoms with Crippen LogP contribution in [0.1, 0.15) is 25.8 Å². The first-order chi connectivity index (χ1) is 11.3. The summed E-state index contributed by atoms with van der Waals surface area (Å²) in [5.74, 6) is -1.52. The highest BCUT2D eigenvalue weighted by molar-refractivity contribution is 7.91. The quantitative estimate of drug-likeness (QED) is 0.830. The predicted molar refractivity (Wildman–Crippen MR) is 86.6 cm³/mol. The van der Waals surface area contributed by atoms with Crippen molar-refractivity contribution >= 4 is 15.4 Å². The van der Waals surface area contributed by atoms with Gasteiger partial charge in [0.15, 0.2) is 21.4 Å². The van der Waals surface area contributed by atoms with Crippen LogP contribution in [-0.4, -0.2) is 38.7 Å². The summed E-state index contributed by atoms with van der Waals surface area (Å²) in [5, 5.41) is -0.453. The Balaban J connectivity index is 1.85. The molecule has 0 amide bonds. The zero-order chi connectivity index (χ0) is 17.5. The van der Waals surface area contributed by atoms with E-state index in [0.29, 0.717) is 12.0 Å². The van der Waals surface area contributed by atoms with Crippen LogP contribution in [0, 0.1) is 17.6 Å². The van der Waals surface area contributed by atoms with E-state index in [0.717, 1.165) is 12.1 Å². The van der Waals surface area contributed by atoms with Crippen LogP contribution in [0.25, 0.3) is 5.57 Å². The van der Waals surface area contributed by atoms with E-state index in [9.17, 15) is 17.2 Å². The van der Waals surface area contributed by atoms with Crippen molar-refractivity contribution in [2.45, 2.75) is 31.6 Å². The molecule has 1 aromatic carbocycles. The zero-order valence-corrected chi connectivity index (χ0v) is 14.4. The van der Waals surface area contributed by atoms with Gasteiger partial charge >= 0.3 is 0 Å². The minimum Gasteiger partial charge on any atom is -0.489 e. The molecule has 1 aromatic rings. The Morgan fingerprint density at radius 3 is 2.67 bits per heavy atom. The molecule has 0 spiro atoms. The van der Waals surface area contributed by atoms with Crippen molar-refractivity contribution in [2.24, 2.45) is 5.92 Å². The van der Waals surface area contributed by atoms with E-state index in [1.54, 1.807) is 19.9 Å². The van der Waals surface area contributed by atoms with E-state index < -0.39 is 32.8 Å². The molecular formula is C17H20F2O4S. The number of hydrogen-bond donors (Lipinski definition) is 0. The summed E-state index contributed by atoms with van der Waals surface area (Å²) in [7, 11) is -3.19. The lowest BCUT2D eigenvalue weighted by atomic mass is 9.83. The molecule has 0 fully saturated rings. The molecule has 132 valence electrons. The van der Waals surface area contributed by atoms with Gasteiger partial charge in [-0.05, 0) is 38.0 Å². The average Bonchev–Trinajstić information content (AvgIpc) is 2.55. The van der Waals surface area contributed by atoms with E-state index in [2.05, 4.69) is 0 Å². The Kier molecular flexibility index (Phi) is 4.66. The van der Waals surface area contributed by atoms with Gasteiger partial charge in [0.2, 0.25) is 0 Å². The summed E-state index contributed by atoms with van der Waals surface area (Å²) in [6, 6.07) is 2.12. The summed E-state index contributed by atoms with van der Waals surface area (Å²) < 4.78 is 63.2. The van der Waals surface area contributed by atoms with Crippen molar-refractivity contribution in [1.29, 1.82) is 0 Å². The number of benzene rings is 1. The van der Waals surface area contributed by atoms with Gasteiger partial charge in [0, 0.05) is 5.92 Å². The number of hydrogen-bond acceptors (Lipinski definition) is 4. The van der Waals surface area contributed by atoms with Crippen LogP contribution in [-0.2, 0) is 14.6 Å². The number of ether oxygens (including phenoxy) is 2. The average molecular weight is 358 g/mol. The monoisotopic (exact) mass is 358 g/mol. The highest BCUT2D eigenvalue weighted by Crippen LogP contribution is 2.43. The van der Waals surface area contributed by atoms with Gasteiger partial charge in [-0.1, -0.05) is 6.08 Å². The fourth-order valence-corrected chi connectivity index (χ4v) is 4.16. The van der Waals surface area contributed by atoms with Crippen molar-refractivity contribution in [2.75, 3.05) is 19.0 Å². The molecule has 0 aromatic heterocycles. The van der Waals surface area contributed by atoms with E-state index >= 15 is 0 Å². The van der Waals surface area contributed by atoms with Gasteiger partial charge in [0.25, 0.3) is 0 Å². The molecule has 0 bridgehead atoms. The largest absolute Gasteiger partial charge is 0.489 e. The lowest BCUT2D eigenvalue weighted by Gasteiger charge is -2.37. The Labute approximate surface area is 140 Å². The molecule has 3 rings (SSSR count). The van der Waals surface area contributed by atoms with E-state index in [4.69, 9.17) is 9.47 Å². The third-order valence-electron chi connectivity index (χ3n) is 4.62. The molecule has 0 saturated carbocycles. The number of halogens is 2. The van der Waals surface area contributed by atoms with Crippen LogP contribution in [0.15, 0.2) is 18.2 Å². The van der Waals surface area contributed by atoms with Crippen molar-refractivity contribution in [1.82, 2.24) is 0 Å². The molecular weight excluding hydrogens is 338 g/mol. The minimum absolute atomic E-state index is 0.00238. The topological polar surface area (TPSA) is 52.6 Å². The second-order valence-corrected chi connectivity index (χ2v) is 9.06. The molecule has 0 unspecified atom stereocenters. The van der Waals surface area contributed by atoms with Crippen molar-refractivity contribution in [3.63, 3.8) is 0 Å². The summed E-state index contributed by atoms with van der Waals surface area (Å²) in [5.41, 5.74) is 0.776. The minimum atomic E-state index is -3.19. The van der Waals surface area contributed by atoms with Crippen LogP contribution < -0.4 is 4.74 Å². The van der Waals surface area contributed by atoms with Crippen molar-refractivity contribution in [3.8, 4) is 5.75 Å². The molecule has 0 radical (unpaired) electrons. The molecule has 7 heteroatoms. The SMILES string of the molecule is CC(C)S(=O)(=O)CC[C@@H]1OCC=C2c3c(F)ccc(F)c3OC[C@H]21. The lowest BCUT2D eigenvalue weighted by Crippen LogP contribution is -2.38. The van der Waals surface area contributed by atoms with E-state index in [1.807, 2.05) is 0 Å². The predicted octanol–water partition coefficient (Wildman–Crippen LogP) is 2.97. The highest BCUT2D eigenvalue weighted by atomic mass is 32.2. The third kappa shape index (κ3) is 3.07. The molecule has 0 saturated heterocycles. The highest BCUT2D eigenvalue weighted by Gasteiger charge is 2.38. The Morgan fingerprint density at radius 1 is 1.25 bits per heavy atom. The first kappa shape index (κ1) is 17.4. The summed E-state index contributed by atoms with van der Waals surface area (Å²) in [6.45, 7) is 3.67. The third-order valence-corrected chi connectivity index (χ3v) is 6.86. The van der Waals surface area contributed by atoms with Crippen LogP contribution in [0.3, 0.4) is 0 Å². The van der Waals surface area contributed by atoms with Gasteiger partial charge in [-0.3, -0.25) is 0 Å². The van der Waals surface area contributed by atoms with Gasteiger partial charge in [-0.15, -0.1) is 0 Å². The normalized spacial score (nSPS) is 23.3. The van der Waals surface area contributed by atoms with Gasteiger partial charge in [0.1, 0.15) is 5.82 Å². The Hall–Kier alpha value is -1.47. The van der Waals surface area contributed by atoms with Crippen LogP contribution >= 0.6 is 0 Å². The summed E-state index contributed by atoms with van der Waals surface area (Å²) in [4.78, 5) is 0. The first-order valence-electron chi connectivity index (χ1n) is 7.95. The lowest BCUT2D eigenvalue weighted by molar-refractivity contribution is 0.0171. The smallest absolute Gasteiger partial charge is 0.165 e. The van der Waals surface area contributed by atoms with Crippen molar-refractivity contribution in [3.05, 3.63) is 35.4 Å². The Bertz CT molecular complexity index is 771. The molecule has 2 heterocycles. The van der Waals surface area contributed by atoms with Gasteiger partial charge in [-0.25, -0.2) is 17.2 Å². The second-order valence-electron chi connectivity index (χ2n) is 6.39. The summed E-state index contributed by atoms with van der Waals surface area (Å²) >= 11 is 0. The zero-order valence-electron chi connectivity index (χ0n) is 13.6. The number of fused-ring (bicyclic) bond motifs is 3. The molecule has 2 aliphatic rings. The Morgan fingerprint density at radius 2 is 1.96 bits per heavy atom. The maximum Gasteiger partial charge on any atom is 0.165 e. The molecule has 4 nitrogen and oxygen atoms in total. The van der Waals surface area contributed by atoms with Crippen LogP contribution in [0.2, 0.25) is 0 Å². The summed E-state index contributed by atoms with van der Waals surface area (Å²) in [6.07, 6.45) is 1.63. The maximum absolute atomic E-state index is 14.2. The number of sulfone groups is 1. The van der Waals surface area contributed by atoms with Gasteiger partial charge < -0.3 is 9.47 Å². The fraction of sp³-hybridized carbons (Fsp3) is 0.529. The van der Waals surface area contributed by atoms with Gasteiger partial charge in [0.05, 0.1) is 35.9 Å². The molecule has 0 aliphatic carbocycles. The van der Waals surface area contributed by atoms with Crippen LogP contribution in [0.4, 0.5) is 8.78 Å². The van der Waals surface area contributed by atoms with E-state index in [1.165, 1.54) is 0 Å². The standard InChI is InChI=1S/C17H20F2O4S/c1-10(2)24(20,21)8-6-15-12-9-23-17-14(19)4-3-13(18)16(17)11(12)5-7-22-15/h3-5,10,12,15H,6-9H2,1-2H3/t12-,15+/m1/s1. The maximum atomic E-state index is 14.2. The van der Waals surface area contributed by atoms with E-state index in [-0.39, 0.29) is 36.2 Å². The van der Waals surface area contributed by atoms with Gasteiger partial charge in [-0.2, -0.15) is 0 Å². The van der Waals surface area contributed by atoms with Crippen LogP contribution in [0.5, 0.6) is 5.75 Å². The fourth-order valence-electron chi connectivity index (χ4n) is 3.13. The van der Waals surface area contributed by atoms with Crippen molar-refractivity contribution < 1.29 is 26.7 Å². The molecule has 0 N–H and O–H groups in total. The molecule has 24 heavy (non-hydrogen) atoms. The number of rotatable bonds is 4. The molecule has 2 atom stereocenters.